The Morgan fingerprint density at radius 2 is 1.59 bits per heavy atom. The van der Waals surface area contributed by atoms with Crippen molar-refractivity contribution >= 4 is 62.8 Å². The van der Waals surface area contributed by atoms with Crippen molar-refractivity contribution in [3.63, 3.8) is 0 Å². The van der Waals surface area contributed by atoms with E-state index in [0.717, 1.165) is 5.56 Å². The van der Waals surface area contributed by atoms with Crippen LogP contribution < -0.4 is 25.5 Å². The summed E-state index contributed by atoms with van der Waals surface area (Å²) in [7, 11) is 0. The summed E-state index contributed by atoms with van der Waals surface area (Å²) in [5.74, 6) is -1.06. The molecule has 37 heavy (non-hydrogen) atoms. The van der Waals surface area contributed by atoms with E-state index in [2.05, 4.69) is 37.1 Å². The van der Waals surface area contributed by atoms with Crippen molar-refractivity contribution in [1.82, 2.24) is 5.43 Å². The van der Waals surface area contributed by atoms with E-state index >= 15 is 0 Å². The minimum absolute atomic E-state index is 0.213. The molecule has 0 aromatic heterocycles. The molecule has 0 spiro atoms. The number of ether oxygens (including phenoxy) is 2. The standard InChI is InChI=1S/C26H24BrClN4O5/c1-3-36-23-13-18(12-22(27)24(23)37-15-17-4-6-19(28)7-5-17)14-29-32-26(35)25(34)31-21-10-8-20(9-11-21)30-16(2)33/h4-14H,3,15H2,1-2H3,(H,30,33)(H,31,34)(H,32,35)/b29-14+. The number of benzene rings is 3. The summed E-state index contributed by atoms with van der Waals surface area (Å²) in [6.45, 7) is 3.96. The summed E-state index contributed by atoms with van der Waals surface area (Å²) in [4.78, 5) is 35.4. The van der Waals surface area contributed by atoms with E-state index in [4.69, 9.17) is 21.1 Å². The third-order valence-corrected chi connectivity index (χ3v) is 5.52. The summed E-state index contributed by atoms with van der Waals surface area (Å²) in [6.07, 6.45) is 1.38. The summed E-state index contributed by atoms with van der Waals surface area (Å²) in [5.41, 5.74) is 4.68. The molecule has 3 aromatic rings. The van der Waals surface area contributed by atoms with E-state index < -0.39 is 11.8 Å². The lowest BCUT2D eigenvalue weighted by Crippen LogP contribution is -2.32. The van der Waals surface area contributed by atoms with Crippen LogP contribution in [0.2, 0.25) is 5.02 Å². The number of amides is 3. The predicted octanol–water partition coefficient (Wildman–Crippen LogP) is 5.13. The lowest BCUT2D eigenvalue weighted by atomic mass is 10.2. The molecule has 3 aromatic carbocycles. The average Bonchev–Trinajstić information content (AvgIpc) is 2.85. The molecule has 0 bridgehead atoms. The minimum atomic E-state index is -0.950. The Balaban J connectivity index is 1.60. The van der Waals surface area contributed by atoms with Crippen LogP contribution in [0.3, 0.4) is 0 Å². The molecule has 0 saturated carbocycles. The molecule has 0 fully saturated rings. The number of hydrogen-bond acceptors (Lipinski definition) is 6. The zero-order chi connectivity index (χ0) is 26.8. The van der Waals surface area contributed by atoms with Gasteiger partial charge in [0.2, 0.25) is 5.91 Å². The SMILES string of the molecule is CCOc1cc(/C=N/NC(=O)C(=O)Nc2ccc(NC(C)=O)cc2)cc(Br)c1OCc1ccc(Cl)cc1. The van der Waals surface area contributed by atoms with Gasteiger partial charge in [-0.2, -0.15) is 5.10 Å². The zero-order valence-corrected chi connectivity index (χ0v) is 22.4. The van der Waals surface area contributed by atoms with Crippen LogP contribution in [0.15, 0.2) is 70.2 Å². The van der Waals surface area contributed by atoms with E-state index in [1.54, 1.807) is 48.5 Å². The van der Waals surface area contributed by atoms with Gasteiger partial charge in [-0.3, -0.25) is 14.4 Å². The number of carbonyl (C=O) groups is 3. The maximum Gasteiger partial charge on any atom is 0.329 e. The molecule has 0 atom stereocenters. The van der Waals surface area contributed by atoms with Gasteiger partial charge >= 0.3 is 11.8 Å². The van der Waals surface area contributed by atoms with Gasteiger partial charge in [0.1, 0.15) is 6.61 Å². The van der Waals surface area contributed by atoms with Crippen molar-refractivity contribution < 1.29 is 23.9 Å². The van der Waals surface area contributed by atoms with Crippen LogP contribution >= 0.6 is 27.5 Å². The Kier molecular flexibility index (Phi) is 10.0. The second-order valence-corrected chi connectivity index (χ2v) is 8.88. The van der Waals surface area contributed by atoms with Gasteiger partial charge in [0, 0.05) is 23.3 Å². The Hall–Kier alpha value is -3.89. The van der Waals surface area contributed by atoms with Crippen molar-refractivity contribution in [2.75, 3.05) is 17.2 Å². The van der Waals surface area contributed by atoms with Crippen LogP contribution in [-0.4, -0.2) is 30.5 Å². The highest BCUT2D eigenvalue weighted by Gasteiger charge is 2.14. The third-order valence-electron chi connectivity index (χ3n) is 4.68. The minimum Gasteiger partial charge on any atom is -0.490 e. The maximum atomic E-state index is 12.1. The third kappa shape index (κ3) is 8.62. The molecule has 0 unspecified atom stereocenters. The topological polar surface area (TPSA) is 118 Å². The molecule has 0 aliphatic carbocycles. The summed E-state index contributed by atoms with van der Waals surface area (Å²) < 4.78 is 12.3. The van der Waals surface area contributed by atoms with Gasteiger partial charge in [-0.25, -0.2) is 5.43 Å². The molecule has 0 saturated heterocycles. The second-order valence-electron chi connectivity index (χ2n) is 7.59. The molecule has 0 radical (unpaired) electrons. The first-order valence-electron chi connectivity index (χ1n) is 11.1. The quantitative estimate of drug-likeness (QED) is 0.182. The van der Waals surface area contributed by atoms with Crippen molar-refractivity contribution in [1.29, 1.82) is 0 Å². The van der Waals surface area contributed by atoms with Crippen LogP contribution in [0.25, 0.3) is 0 Å². The van der Waals surface area contributed by atoms with Crippen LogP contribution in [-0.2, 0) is 21.0 Å². The number of carbonyl (C=O) groups excluding carboxylic acids is 3. The predicted molar refractivity (Wildman–Crippen MR) is 146 cm³/mol. The fraction of sp³-hybridized carbons (Fsp3) is 0.154. The van der Waals surface area contributed by atoms with E-state index in [9.17, 15) is 14.4 Å². The van der Waals surface area contributed by atoms with Crippen molar-refractivity contribution in [2.24, 2.45) is 5.10 Å². The lowest BCUT2D eigenvalue weighted by Gasteiger charge is -2.14. The molecule has 0 aliphatic heterocycles. The Morgan fingerprint density at radius 1 is 0.946 bits per heavy atom. The highest BCUT2D eigenvalue weighted by Crippen LogP contribution is 2.37. The molecule has 3 rings (SSSR count). The highest BCUT2D eigenvalue weighted by atomic mass is 79.9. The van der Waals surface area contributed by atoms with Gasteiger partial charge in [0.15, 0.2) is 11.5 Å². The largest absolute Gasteiger partial charge is 0.490 e. The molecule has 11 heteroatoms. The second kappa shape index (κ2) is 13.4. The first-order chi connectivity index (χ1) is 17.7. The molecule has 9 nitrogen and oxygen atoms in total. The van der Waals surface area contributed by atoms with Crippen LogP contribution in [0.4, 0.5) is 11.4 Å². The number of halogens is 2. The smallest absolute Gasteiger partial charge is 0.329 e. The van der Waals surface area contributed by atoms with Crippen molar-refractivity contribution in [3.8, 4) is 11.5 Å². The molecule has 3 N–H and O–H groups in total. The zero-order valence-electron chi connectivity index (χ0n) is 20.0. The number of rotatable bonds is 9. The molecule has 192 valence electrons. The van der Waals surface area contributed by atoms with Gasteiger partial charge in [-0.15, -0.1) is 0 Å². The monoisotopic (exact) mass is 586 g/mol. The molecular weight excluding hydrogens is 564 g/mol. The fourth-order valence-electron chi connectivity index (χ4n) is 3.05. The van der Waals surface area contributed by atoms with Gasteiger partial charge < -0.3 is 20.1 Å². The van der Waals surface area contributed by atoms with Gasteiger partial charge in [-0.1, -0.05) is 23.7 Å². The molecule has 3 amide bonds. The van der Waals surface area contributed by atoms with E-state index in [0.29, 0.717) is 51.1 Å². The van der Waals surface area contributed by atoms with Gasteiger partial charge in [0.25, 0.3) is 0 Å². The Bertz CT molecular complexity index is 1300. The van der Waals surface area contributed by atoms with E-state index in [-0.39, 0.29) is 5.91 Å². The number of anilines is 2. The summed E-state index contributed by atoms with van der Waals surface area (Å²) in [5, 5.41) is 9.57. The summed E-state index contributed by atoms with van der Waals surface area (Å²) in [6, 6.07) is 17.1. The molecule has 0 aliphatic rings. The van der Waals surface area contributed by atoms with Gasteiger partial charge in [-0.05, 0) is 82.5 Å². The maximum absolute atomic E-state index is 12.1. The number of hydrogen-bond donors (Lipinski definition) is 3. The number of hydrazone groups is 1. The first-order valence-corrected chi connectivity index (χ1v) is 12.3. The fourth-order valence-corrected chi connectivity index (χ4v) is 3.75. The van der Waals surface area contributed by atoms with E-state index in [1.807, 2.05) is 19.1 Å². The molecule has 0 heterocycles. The van der Waals surface area contributed by atoms with Crippen molar-refractivity contribution in [3.05, 3.63) is 81.3 Å². The van der Waals surface area contributed by atoms with Crippen LogP contribution in [0.5, 0.6) is 11.5 Å². The van der Waals surface area contributed by atoms with Crippen LogP contribution in [0.1, 0.15) is 25.0 Å². The average molecular weight is 588 g/mol. The van der Waals surface area contributed by atoms with E-state index in [1.165, 1.54) is 13.1 Å². The number of nitrogens with zero attached hydrogens (tertiary/aromatic N) is 1. The Morgan fingerprint density at radius 3 is 2.22 bits per heavy atom. The van der Waals surface area contributed by atoms with Crippen LogP contribution in [0, 0.1) is 0 Å². The first kappa shape index (κ1) is 27.7. The lowest BCUT2D eigenvalue weighted by molar-refractivity contribution is -0.136. The van der Waals surface area contributed by atoms with Crippen molar-refractivity contribution in [2.45, 2.75) is 20.5 Å². The summed E-state index contributed by atoms with van der Waals surface area (Å²) >= 11 is 9.42. The Labute approximate surface area is 227 Å². The number of nitrogens with one attached hydrogen (secondary N) is 3. The molecular formula is C26H24BrClN4O5. The normalized spacial score (nSPS) is 10.6. The highest BCUT2D eigenvalue weighted by molar-refractivity contribution is 9.10. The van der Waals surface area contributed by atoms with Gasteiger partial charge in [0.05, 0.1) is 17.3 Å².